The Morgan fingerprint density at radius 1 is 1.56 bits per heavy atom. The van der Waals surface area contributed by atoms with Crippen LogP contribution in [0.15, 0.2) is 16.6 Å². The lowest BCUT2D eigenvalue weighted by molar-refractivity contribution is -0.385. The Bertz CT molecular complexity index is 480. The van der Waals surface area contributed by atoms with E-state index >= 15 is 0 Å². The van der Waals surface area contributed by atoms with Crippen LogP contribution in [0, 0.1) is 10.1 Å². The van der Waals surface area contributed by atoms with Gasteiger partial charge in [-0.1, -0.05) is 11.6 Å². The van der Waals surface area contributed by atoms with E-state index in [0.29, 0.717) is 4.47 Å². The first kappa shape index (κ1) is 14.7. The van der Waals surface area contributed by atoms with Crippen LogP contribution >= 0.6 is 27.5 Å². The number of methoxy groups -OCH3 is 1. The molecule has 0 radical (unpaired) electrons. The van der Waals surface area contributed by atoms with Crippen LogP contribution in [0.3, 0.4) is 0 Å². The van der Waals surface area contributed by atoms with Crippen molar-refractivity contribution in [2.45, 2.75) is 6.42 Å². The number of ether oxygens (including phenoxy) is 2. The molecule has 0 saturated heterocycles. The van der Waals surface area contributed by atoms with Crippen LogP contribution in [0.1, 0.15) is 6.42 Å². The van der Waals surface area contributed by atoms with E-state index in [-0.39, 0.29) is 29.5 Å². The number of nitro benzene ring substituents is 1. The Kier molecular flexibility index (Phi) is 5.36. The number of rotatable bonds is 5. The second-order valence-corrected chi connectivity index (χ2v) is 4.46. The van der Waals surface area contributed by atoms with Crippen molar-refractivity contribution in [2.75, 3.05) is 13.7 Å². The number of nitro groups is 1. The first-order chi connectivity index (χ1) is 8.45. The Balaban J connectivity index is 2.87. The topological polar surface area (TPSA) is 78.7 Å². The van der Waals surface area contributed by atoms with E-state index in [2.05, 4.69) is 20.7 Å². The molecule has 0 amide bonds. The normalized spacial score (nSPS) is 9.94. The average Bonchev–Trinajstić information content (AvgIpc) is 2.30. The van der Waals surface area contributed by atoms with Crippen LogP contribution in [-0.4, -0.2) is 24.6 Å². The van der Waals surface area contributed by atoms with Crippen LogP contribution in [0.4, 0.5) is 5.69 Å². The molecule has 0 aromatic heterocycles. The van der Waals surface area contributed by atoms with Crippen LogP contribution in [0.5, 0.6) is 5.75 Å². The highest BCUT2D eigenvalue weighted by atomic mass is 79.9. The molecule has 18 heavy (non-hydrogen) atoms. The van der Waals surface area contributed by atoms with E-state index in [4.69, 9.17) is 16.3 Å². The maximum atomic E-state index is 10.9. The van der Waals surface area contributed by atoms with Gasteiger partial charge in [0.25, 0.3) is 0 Å². The predicted octanol–water partition coefficient (Wildman–Crippen LogP) is 2.95. The maximum absolute atomic E-state index is 10.9. The van der Waals surface area contributed by atoms with Gasteiger partial charge in [-0.05, 0) is 22.0 Å². The average molecular weight is 339 g/mol. The lowest BCUT2D eigenvalue weighted by Crippen LogP contribution is -2.08. The van der Waals surface area contributed by atoms with Gasteiger partial charge in [-0.3, -0.25) is 14.9 Å². The molecule has 0 heterocycles. The summed E-state index contributed by atoms with van der Waals surface area (Å²) in [6, 6.07) is 2.65. The van der Waals surface area contributed by atoms with Gasteiger partial charge in [0.15, 0.2) is 0 Å². The summed E-state index contributed by atoms with van der Waals surface area (Å²) in [6.07, 6.45) is 0.00270. The van der Waals surface area contributed by atoms with E-state index in [1.807, 2.05) is 0 Å². The molecule has 0 fully saturated rings. The van der Waals surface area contributed by atoms with E-state index in [9.17, 15) is 14.9 Å². The zero-order valence-electron chi connectivity index (χ0n) is 9.31. The summed E-state index contributed by atoms with van der Waals surface area (Å²) in [4.78, 5) is 21.1. The highest BCUT2D eigenvalue weighted by Gasteiger charge is 2.20. The summed E-state index contributed by atoms with van der Waals surface area (Å²) < 4.78 is 9.99. The number of carbonyl (C=O) groups excluding carboxylic acids is 1. The fourth-order valence-electron chi connectivity index (χ4n) is 1.16. The smallest absolute Gasteiger partial charge is 0.313 e. The first-order valence-corrected chi connectivity index (χ1v) is 5.96. The van der Waals surface area contributed by atoms with E-state index in [0.717, 1.165) is 0 Å². The van der Waals surface area contributed by atoms with Gasteiger partial charge < -0.3 is 9.47 Å². The van der Waals surface area contributed by atoms with Gasteiger partial charge in [-0.2, -0.15) is 0 Å². The monoisotopic (exact) mass is 337 g/mol. The molecule has 1 aromatic rings. The fourth-order valence-corrected chi connectivity index (χ4v) is 2.07. The Labute approximate surface area is 116 Å². The van der Waals surface area contributed by atoms with Gasteiger partial charge in [0.05, 0.1) is 29.5 Å². The Morgan fingerprint density at radius 3 is 2.78 bits per heavy atom. The van der Waals surface area contributed by atoms with Gasteiger partial charge in [-0.25, -0.2) is 0 Å². The van der Waals surface area contributed by atoms with Crippen molar-refractivity contribution in [3.63, 3.8) is 0 Å². The second-order valence-electron chi connectivity index (χ2n) is 3.17. The lowest BCUT2D eigenvalue weighted by Gasteiger charge is -2.08. The van der Waals surface area contributed by atoms with E-state index in [1.165, 1.54) is 19.2 Å². The predicted molar refractivity (Wildman–Crippen MR) is 67.9 cm³/mol. The minimum absolute atomic E-state index is 0.00270. The van der Waals surface area contributed by atoms with Gasteiger partial charge in [0, 0.05) is 11.1 Å². The molecule has 0 aliphatic rings. The zero-order chi connectivity index (χ0) is 13.7. The van der Waals surface area contributed by atoms with Crippen molar-refractivity contribution in [1.29, 1.82) is 0 Å². The molecule has 8 heteroatoms. The van der Waals surface area contributed by atoms with Crippen LogP contribution in [-0.2, 0) is 9.53 Å². The third-order valence-electron chi connectivity index (χ3n) is 1.97. The zero-order valence-corrected chi connectivity index (χ0v) is 11.7. The summed E-state index contributed by atoms with van der Waals surface area (Å²) in [5.74, 6) is -0.420. The van der Waals surface area contributed by atoms with Crippen molar-refractivity contribution in [2.24, 2.45) is 0 Å². The van der Waals surface area contributed by atoms with Crippen molar-refractivity contribution >= 4 is 39.2 Å². The molecule has 0 unspecified atom stereocenters. The van der Waals surface area contributed by atoms with E-state index < -0.39 is 10.9 Å². The standard InChI is InChI=1S/C10H9BrClNO5/c1-17-9(14)2-3-18-10-7(11)4-6(12)5-8(10)13(15)16/h4-5H,2-3H2,1H3. The van der Waals surface area contributed by atoms with Gasteiger partial charge in [-0.15, -0.1) is 0 Å². The molecule has 0 saturated carbocycles. The third kappa shape index (κ3) is 3.85. The molecule has 0 N–H and O–H groups in total. The molecule has 1 rings (SSSR count). The molecular formula is C10H9BrClNO5. The van der Waals surface area contributed by atoms with E-state index in [1.54, 1.807) is 0 Å². The maximum Gasteiger partial charge on any atom is 0.313 e. The van der Waals surface area contributed by atoms with Gasteiger partial charge in [0.1, 0.15) is 0 Å². The molecule has 1 aromatic carbocycles. The summed E-state index contributed by atoms with van der Waals surface area (Å²) in [6.45, 7) is -0.0201. The molecule has 6 nitrogen and oxygen atoms in total. The van der Waals surface area contributed by atoms with Crippen molar-refractivity contribution in [3.8, 4) is 5.75 Å². The van der Waals surface area contributed by atoms with Crippen LogP contribution in [0.25, 0.3) is 0 Å². The van der Waals surface area contributed by atoms with Crippen molar-refractivity contribution in [1.82, 2.24) is 0 Å². The molecule has 98 valence electrons. The number of benzene rings is 1. The lowest BCUT2D eigenvalue weighted by atomic mass is 10.3. The SMILES string of the molecule is COC(=O)CCOc1c(Br)cc(Cl)cc1[N+](=O)[O-]. The third-order valence-corrected chi connectivity index (χ3v) is 2.77. The number of carbonyl (C=O) groups is 1. The number of hydrogen-bond acceptors (Lipinski definition) is 5. The van der Waals surface area contributed by atoms with Gasteiger partial charge in [0.2, 0.25) is 5.75 Å². The minimum atomic E-state index is -0.607. The molecule has 0 bridgehead atoms. The molecule has 0 atom stereocenters. The number of hydrogen-bond donors (Lipinski definition) is 0. The van der Waals surface area contributed by atoms with Crippen LogP contribution < -0.4 is 4.74 Å². The summed E-state index contributed by atoms with van der Waals surface area (Å²) in [7, 11) is 1.25. The fraction of sp³-hybridized carbons (Fsp3) is 0.300. The minimum Gasteiger partial charge on any atom is -0.485 e. The quantitative estimate of drug-likeness (QED) is 0.468. The largest absolute Gasteiger partial charge is 0.485 e. The number of halogens is 2. The molecule has 0 spiro atoms. The number of nitrogens with zero attached hydrogens (tertiary/aromatic N) is 1. The van der Waals surface area contributed by atoms with Crippen molar-refractivity contribution < 1.29 is 19.2 Å². The number of esters is 1. The second kappa shape index (κ2) is 6.55. The summed E-state index contributed by atoms with van der Waals surface area (Å²) >= 11 is 8.83. The summed E-state index contributed by atoms with van der Waals surface area (Å²) in [5, 5.41) is 11.1. The van der Waals surface area contributed by atoms with Crippen LogP contribution in [0.2, 0.25) is 5.02 Å². The van der Waals surface area contributed by atoms with Gasteiger partial charge >= 0.3 is 11.7 Å². The molecule has 0 aliphatic heterocycles. The summed E-state index contributed by atoms with van der Waals surface area (Å²) in [5.41, 5.74) is -0.265. The first-order valence-electron chi connectivity index (χ1n) is 4.78. The highest BCUT2D eigenvalue weighted by Crippen LogP contribution is 2.37. The Morgan fingerprint density at radius 2 is 2.22 bits per heavy atom. The van der Waals surface area contributed by atoms with Crippen molar-refractivity contribution in [3.05, 3.63) is 31.7 Å². The highest BCUT2D eigenvalue weighted by molar-refractivity contribution is 9.10. The molecule has 0 aliphatic carbocycles. The molecular weight excluding hydrogens is 329 g/mol. The Hall–Kier alpha value is -1.34.